The van der Waals surface area contributed by atoms with Crippen LogP contribution in [0, 0.1) is 17.5 Å². The molecule has 0 aliphatic carbocycles. The summed E-state index contributed by atoms with van der Waals surface area (Å²) in [6, 6.07) is 7.20. The zero-order valence-corrected chi connectivity index (χ0v) is 11.1. The molecule has 3 N–H and O–H groups in total. The molecule has 2 nitrogen and oxygen atoms in total. The van der Waals surface area contributed by atoms with Crippen LogP contribution in [0.1, 0.15) is 17.2 Å². The van der Waals surface area contributed by atoms with Gasteiger partial charge in [-0.1, -0.05) is 29.8 Å². The second-order valence-electron chi connectivity index (χ2n) is 4.30. The van der Waals surface area contributed by atoms with Gasteiger partial charge in [0.25, 0.3) is 0 Å². The molecule has 0 saturated carbocycles. The molecule has 0 aliphatic heterocycles. The summed E-state index contributed by atoms with van der Waals surface area (Å²) in [7, 11) is 0. The van der Waals surface area contributed by atoms with E-state index < -0.39 is 23.5 Å². The second-order valence-corrected chi connectivity index (χ2v) is 4.74. The minimum Gasteiger partial charge on any atom is -0.271 e. The van der Waals surface area contributed by atoms with Crippen molar-refractivity contribution < 1.29 is 13.2 Å². The number of hydrogen-bond donors (Lipinski definition) is 2. The van der Waals surface area contributed by atoms with Gasteiger partial charge in [-0.2, -0.15) is 0 Å². The van der Waals surface area contributed by atoms with Crippen molar-refractivity contribution in [2.75, 3.05) is 0 Å². The lowest BCUT2D eigenvalue weighted by Gasteiger charge is -2.17. The van der Waals surface area contributed by atoms with Gasteiger partial charge < -0.3 is 0 Å². The fourth-order valence-corrected chi connectivity index (χ4v) is 2.11. The fraction of sp³-hybridized carbons (Fsp3) is 0.143. The maximum absolute atomic E-state index is 13.7. The molecule has 0 spiro atoms. The average Bonchev–Trinajstić information content (AvgIpc) is 2.42. The van der Waals surface area contributed by atoms with Gasteiger partial charge >= 0.3 is 0 Å². The van der Waals surface area contributed by atoms with Crippen LogP contribution in [0.15, 0.2) is 36.4 Å². The van der Waals surface area contributed by atoms with Crippen molar-refractivity contribution in [3.8, 4) is 0 Å². The van der Waals surface area contributed by atoms with Crippen LogP contribution in [0.4, 0.5) is 13.2 Å². The van der Waals surface area contributed by atoms with Gasteiger partial charge in [-0.25, -0.2) is 13.2 Å². The number of nitrogens with one attached hydrogen (secondary N) is 1. The number of hydrazine groups is 1. The number of halogens is 4. The minimum absolute atomic E-state index is 0.0434. The van der Waals surface area contributed by atoms with Gasteiger partial charge in [0.1, 0.15) is 5.82 Å². The summed E-state index contributed by atoms with van der Waals surface area (Å²) in [6.07, 6.45) is 0.0693. The van der Waals surface area contributed by atoms with Crippen molar-refractivity contribution >= 4 is 11.6 Å². The first-order valence-electron chi connectivity index (χ1n) is 5.87. The van der Waals surface area contributed by atoms with Crippen molar-refractivity contribution in [3.05, 3.63) is 70.0 Å². The molecule has 6 heteroatoms. The standard InChI is InChI=1S/C14H12ClF3N2/c15-9-5-4-8(12(17)7-9)6-13(20-19)10-2-1-3-11(16)14(10)18/h1-5,7,13,20H,6,19H2. The zero-order chi connectivity index (χ0) is 14.7. The lowest BCUT2D eigenvalue weighted by atomic mass is 9.98. The van der Waals surface area contributed by atoms with Gasteiger partial charge in [0.05, 0.1) is 6.04 Å². The van der Waals surface area contributed by atoms with E-state index >= 15 is 0 Å². The van der Waals surface area contributed by atoms with E-state index in [9.17, 15) is 13.2 Å². The largest absolute Gasteiger partial charge is 0.271 e. The quantitative estimate of drug-likeness (QED) is 0.670. The molecule has 106 valence electrons. The number of benzene rings is 2. The summed E-state index contributed by atoms with van der Waals surface area (Å²) in [4.78, 5) is 0. The highest BCUT2D eigenvalue weighted by molar-refractivity contribution is 6.30. The third-order valence-corrected chi connectivity index (χ3v) is 3.23. The Labute approximate surface area is 119 Å². The normalized spacial score (nSPS) is 12.4. The Kier molecular flexibility index (Phi) is 4.65. The van der Waals surface area contributed by atoms with E-state index in [2.05, 4.69) is 5.43 Å². The third-order valence-electron chi connectivity index (χ3n) is 3.00. The van der Waals surface area contributed by atoms with Crippen molar-refractivity contribution in [1.82, 2.24) is 5.43 Å². The molecule has 0 bridgehead atoms. The van der Waals surface area contributed by atoms with E-state index in [-0.39, 0.29) is 17.0 Å². The molecule has 20 heavy (non-hydrogen) atoms. The molecule has 2 aromatic rings. The Bertz CT molecular complexity index is 619. The molecular weight excluding hydrogens is 289 g/mol. The van der Waals surface area contributed by atoms with Crippen LogP contribution in [0.25, 0.3) is 0 Å². The highest BCUT2D eigenvalue weighted by atomic mass is 35.5. The second kappa shape index (κ2) is 6.26. The SMILES string of the molecule is NNC(Cc1ccc(Cl)cc1F)c1cccc(F)c1F. The smallest absolute Gasteiger partial charge is 0.163 e. The van der Waals surface area contributed by atoms with Gasteiger partial charge in [0.15, 0.2) is 11.6 Å². The summed E-state index contributed by atoms with van der Waals surface area (Å²) >= 11 is 5.66. The van der Waals surface area contributed by atoms with Crippen LogP contribution in [-0.4, -0.2) is 0 Å². The monoisotopic (exact) mass is 300 g/mol. The van der Waals surface area contributed by atoms with Crippen LogP contribution in [0.3, 0.4) is 0 Å². The summed E-state index contributed by atoms with van der Waals surface area (Å²) in [5, 5.41) is 0.264. The van der Waals surface area contributed by atoms with Gasteiger partial charge in [-0.05, 0) is 30.2 Å². The number of rotatable bonds is 4. The predicted octanol–water partition coefficient (Wildman–Crippen LogP) is 3.50. The molecule has 0 radical (unpaired) electrons. The van der Waals surface area contributed by atoms with Crippen LogP contribution in [0.5, 0.6) is 0 Å². The van der Waals surface area contributed by atoms with Crippen molar-refractivity contribution in [3.63, 3.8) is 0 Å². The molecule has 2 aromatic carbocycles. The van der Waals surface area contributed by atoms with Crippen LogP contribution in [-0.2, 0) is 6.42 Å². The molecule has 0 aromatic heterocycles. The van der Waals surface area contributed by atoms with E-state index in [1.165, 1.54) is 24.3 Å². The van der Waals surface area contributed by atoms with Crippen molar-refractivity contribution in [1.29, 1.82) is 0 Å². The number of nitrogens with two attached hydrogens (primary N) is 1. The van der Waals surface area contributed by atoms with Crippen LogP contribution < -0.4 is 11.3 Å². The van der Waals surface area contributed by atoms with Crippen LogP contribution >= 0.6 is 11.6 Å². The molecule has 0 amide bonds. The Hall–Kier alpha value is -1.56. The lowest BCUT2D eigenvalue weighted by Crippen LogP contribution is -2.30. The number of hydrogen-bond acceptors (Lipinski definition) is 2. The van der Waals surface area contributed by atoms with E-state index in [4.69, 9.17) is 17.4 Å². The van der Waals surface area contributed by atoms with E-state index in [0.29, 0.717) is 5.56 Å². The molecule has 1 unspecified atom stereocenters. The lowest BCUT2D eigenvalue weighted by molar-refractivity contribution is 0.460. The highest BCUT2D eigenvalue weighted by Crippen LogP contribution is 2.24. The van der Waals surface area contributed by atoms with Gasteiger partial charge in [-0.3, -0.25) is 11.3 Å². The Morgan fingerprint density at radius 3 is 2.50 bits per heavy atom. The molecule has 0 fully saturated rings. The third kappa shape index (κ3) is 3.12. The maximum Gasteiger partial charge on any atom is 0.163 e. The Balaban J connectivity index is 2.31. The molecule has 0 heterocycles. The van der Waals surface area contributed by atoms with E-state index in [1.54, 1.807) is 0 Å². The first-order chi connectivity index (χ1) is 9.52. The first kappa shape index (κ1) is 14.8. The molecule has 0 saturated heterocycles. The predicted molar refractivity (Wildman–Crippen MR) is 71.5 cm³/mol. The van der Waals surface area contributed by atoms with Crippen LogP contribution in [0.2, 0.25) is 5.02 Å². The first-order valence-corrected chi connectivity index (χ1v) is 6.24. The Morgan fingerprint density at radius 2 is 1.85 bits per heavy atom. The average molecular weight is 301 g/mol. The van der Waals surface area contributed by atoms with E-state index in [0.717, 1.165) is 12.1 Å². The summed E-state index contributed by atoms with van der Waals surface area (Å²) in [6.45, 7) is 0. The topological polar surface area (TPSA) is 38.0 Å². The molecule has 2 rings (SSSR count). The molecule has 1 atom stereocenters. The summed E-state index contributed by atoms with van der Waals surface area (Å²) in [5.41, 5.74) is 2.72. The van der Waals surface area contributed by atoms with Crippen molar-refractivity contribution in [2.45, 2.75) is 12.5 Å². The summed E-state index contributed by atoms with van der Waals surface area (Å²) < 4.78 is 40.7. The molecule has 0 aliphatic rings. The molecular formula is C14H12ClF3N2. The fourth-order valence-electron chi connectivity index (χ4n) is 1.96. The van der Waals surface area contributed by atoms with Gasteiger partial charge in [0.2, 0.25) is 0 Å². The summed E-state index contributed by atoms with van der Waals surface area (Å²) in [5.74, 6) is 2.88. The van der Waals surface area contributed by atoms with Gasteiger partial charge in [-0.15, -0.1) is 0 Å². The van der Waals surface area contributed by atoms with E-state index in [1.807, 2.05) is 0 Å². The van der Waals surface area contributed by atoms with Crippen molar-refractivity contribution in [2.24, 2.45) is 5.84 Å². The zero-order valence-electron chi connectivity index (χ0n) is 10.3. The maximum atomic E-state index is 13.7. The highest BCUT2D eigenvalue weighted by Gasteiger charge is 2.19. The Morgan fingerprint density at radius 1 is 1.10 bits per heavy atom. The van der Waals surface area contributed by atoms with Gasteiger partial charge in [0, 0.05) is 10.6 Å². The minimum atomic E-state index is -0.996.